The largest absolute Gasteiger partial charge is 0.366 e. The minimum Gasteiger partial charge on any atom is -0.366 e. The van der Waals surface area contributed by atoms with Gasteiger partial charge in [-0.25, -0.2) is 0 Å². The van der Waals surface area contributed by atoms with Gasteiger partial charge in [-0.1, -0.05) is 18.2 Å². The molecule has 1 heterocycles. The zero-order valence-electron chi connectivity index (χ0n) is 12.8. The van der Waals surface area contributed by atoms with Crippen molar-refractivity contribution in [1.29, 1.82) is 0 Å². The summed E-state index contributed by atoms with van der Waals surface area (Å²) in [6, 6.07) is 16.0. The Hall–Kier alpha value is -3.47. The number of amides is 2. The Kier molecular flexibility index (Phi) is 4.07. The Morgan fingerprint density at radius 3 is 1.79 bits per heavy atom. The third-order valence-corrected chi connectivity index (χ3v) is 3.78. The number of aromatic nitrogens is 1. The molecule has 0 saturated heterocycles. The predicted octanol–water partition coefficient (Wildman–Crippen LogP) is 2.61. The molecule has 4 N–H and O–H groups in total. The highest BCUT2D eigenvalue weighted by Crippen LogP contribution is 2.32. The highest BCUT2D eigenvalue weighted by atomic mass is 16.1. The molecule has 2 amide bonds. The standard InChI is InChI=1S/C19H15N3O2/c20-18(23)14-3-1-12(2-4-14)16-6-5-15(19(21)24)11-17(16)13-7-9-22-10-8-13/h1-11H,(H2,20,23)(H2,21,24). The van der Waals surface area contributed by atoms with Crippen molar-refractivity contribution in [2.75, 3.05) is 0 Å². The first-order valence-electron chi connectivity index (χ1n) is 7.31. The van der Waals surface area contributed by atoms with E-state index in [0.717, 1.165) is 22.3 Å². The first-order valence-corrected chi connectivity index (χ1v) is 7.31. The van der Waals surface area contributed by atoms with Crippen LogP contribution in [0.1, 0.15) is 20.7 Å². The minimum atomic E-state index is -0.485. The second-order valence-electron chi connectivity index (χ2n) is 5.30. The van der Waals surface area contributed by atoms with Crippen molar-refractivity contribution in [2.24, 2.45) is 11.5 Å². The maximum Gasteiger partial charge on any atom is 0.248 e. The van der Waals surface area contributed by atoms with Crippen LogP contribution in [0.4, 0.5) is 0 Å². The number of nitrogens with zero attached hydrogens (tertiary/aromatic N) is 1. The number of rotatable bonds is 4. The number of hydrogen-bond acceptors (Lipinski definition) is 3. The molecule has 0 aliphatic heterocycles. The maximum absolute atomic E-state index is 11.5. The van der Waals surface area contributed by atoms with Gasteiger partial charge in [0, 0.05) is 23.5 Å². The lowest BCUT2D eigenvalue weighted by atomic mass is 9.92. The normalized spacial score (nSPS) is 10.3. The topological polar surface area (TPSA) is 99.1 Å². The molecular weight excluding hydrogens is 302 g/mol. The number of nitrogens with two attached hydrogens (primary N) is 2. The summed E-state index contributed by atoms with van der Waals surface area (Å²) in [5.74, 6) is -0.957. The van der Waals surface area contributed by atoms with Crippen LogP contribution in [-0.4, -0.2) is 16.8 Å². The lowest BCUT2D eigenvalue weighted by Crippen LogP contribution is -2.11. The molecule has 3 rings (SSSR count). The van der Waals surface area contributed by atoms with Crippen molar-refractivity contribution in [1.82, 2.24) is 4.98 Å². The third-order valence-electron chi connectivity index (χ3n) is 3.78. The minimum absolute atomic E-state index is 0.430. The summed E-state index contributed by atoms with van der Waals surface area (Å²) < 4.78 is 0. The van der Waals surface area contributed by atoms with Crippen LogP contribution >= 0.6 is 0 Å². The molecule has 0 aliphatic carbocycles. The molecular formula is C19H15N3O2. The van der Waals surface area contributed by atoms with E-state index in [1.165, 1.54) is 0 Å². The SMILES string of the molecule is NC(=O)c1ccc(-c2ccc(C(N)=O)cc2-c2ccncc2)cc1. The van der Waals surface area contributed by atoms with Gasteiger partial charge >= 0.3 is 0 Å². The Bertz CT molecular complexity index is 904. The molecule has 1 aromatic heterocycles. The summed E-state index contributed by atoms with van der Waals surface area (Å²) in [4.78, 5) is 26.7. The molecule has 2 aromatic carbocycles. The van der Waals surface area contributed by atoms with Crippen molar-refractivity contribution in [3.05, 3.63) is 78.1 Å². The van der Waals surface area contributed by atoms with E-state index in [-0.39, 0.29) is 0 Å². The fourth-order valence-electron chi connectivity index (χ4n) is 2.53. The summed E-state index contributed by atoms with van der Waals surface area (Å²) in [7, 11) is 0. The van der Waals surface area contributed by atoms with Gasteiger partial charge in [0.1, 0.15) is 0 Å². The first-order chi connectivity index (χ1) is 11.6. The van der Waals surface area contributed by atoms with Gasteiger partial charge in [0.15, 0.2) is 0 Å². The summed E-state index contributed by atoms with van der Waals surface area (Å²) in [5.41, 5.74) is 15.2. The molecule has 5 nitrogen and oxygen atoms in total. The van der Waals surface area contributed by atoms with E-state index in [2.05, 4.69) is 4.98 Å². The van der Waals surface area contributed by atoms with E-state index in [0.29, 0.717) is 11.1 Å². The van der Waals surface area contributed by atoms with Gasteiger partial charge in [0.05, 0.1) is 0 Å². The van der Waals surface area contributed by atoms with Crippen molar-refractivity contribution in [3.8, 4) is 22.3 Å². The first kappa shape index (κ1) is 15.4. The number of carbonyl (C=O) groups is 2. The smallest absolute Gasteiger partial charge is 0.248 e. The van der Waals surface area contributed by atoms with Gasteiger partial charge in [0.25, 0.3) is 0 Å². The molecule has 0 saturated carbocycles. The average Bonchev–Trinajstić information content (AvgIpc) is 2.62. The fraction of sp³-hybridized carbons (Fsp3) is 0. The molecule has 0 atom stereocenters. The molecule has 3 aromatic rings. The van der Waals surface area contributed by atoms with Crippen molar-refractivity contribution in [3.63, 3.8) is 0 Å². The fourth-order valence-corrected chi connectivity index (χ4v) is 2.53. The summed E-state index contributed by atoms with van der Waals surface area (Å²) in [5, 5.41) is 0. The van der Waals surface area contributed by atoms with Crippen LogP contribution in [0.25, 0.3) is 22.3 Å². The Labute approximate surface area is 138 Å². The van der Waals surface area contributed by atoms with Crippen LogP contribution in [0.2, 0.25) is 0 Å². The van der Waals surface area contributed by atoms with Crippen LogP contribution in [0, 0.1) is 0 Å². The molecule has 5 heteroatoms. The third kappa shape index (κ3) is 3.01. The molecule has 0 fully saturated rings. The lowest BCUT2D eigenvalue weighted by molar-refractivity contribution is 0.0992. The molecule has 0 bridgehead atoms. The number of hydrogen-bond donors (Lipinski definition) is 2. The highest BCUT2D eigenvalue weighted by molar-refractivity contribution is 5.97. The second kappa shape index (κ2) is 6.34. The Morgan fingerprint density at radius 1 is 0.667 bits per heavy atom. The van der Waals surface area contributed by atoms with E-state index in [4.69, 9.17) is 11.5 Å². The molecule has 0 aliphatic rings. The number of benzene rings is 2. The van der Waals surface area contributed by atoms with Crippen molar-refractivity contribution < 1.29 is 9.59 Å². The van der Waals surface area contributed by atoms with Crippen molar-refractivity contribution >= 4 is 11.8 Å². The molecule has 118 valence electrons. The summed E-state index contributed by atoms with van der Waals surface area (Å²) in [6.07, 6.45) is 3.37. The molecule has 0 unspecified atom stereocenters. The zero-order chi connectivity index (χ0) is 17.1. The van der Waals surface area contributed by atoms with E-state index in [1.807, 2.05) is 30.3 Å². The maximum atomic E-state index is 11.5. The lowest BCUT2D eigenvalue weighted by Gasteiger charge is -2.12. The van der Waals surface area contributed by atoms with Gasteiger partial charge in [-0.2, -0.15) is 0 Å². The Balaban J connectivity index is 2.16. The van der Waals surface area contributed by atoms with Gasteiger partial charge in [-0.05, 0) is 58.7 Å². The van der Waals surface area contributed by atoms with Crippen LogP contribution in [0.15, 0.2) is 67.0 Å². The average molecular weight is 317 g/mol. The number of primary amides is 2. The number of pyridine rings is 1. The van der Waals surface area contributed by atoms with E-state index >= 15 is 0 Å². The van der Waals surface area contributed by atoms with Crippen LogP contribution in [-0.2, 0) is 0 Å². The monoisotopic (exact) mass is 317 g/mol. The second-order valence-corrected chi connectivity index (χ2v) is 5.30. The van der Waals surface area contributed by atoms with E-state index < -0.39 is 11.8 Å². The van der Waals surface area contributed by atoms with Gasteiger partial charge < -0.3 is 11.5 Å². The van der Waals surface area contributed by atoms with Crippen LogP contribution in [0.3, 0.4) is 0 Å². The van der Waals surface area contributed by atoms with Gasteiger partial charge in [-0.15, -0.1) is 0 Å². The predicted molar refractivity (Wildman–Crippen MR) is 92.1 cm³/mol. The van der Waals surface area contributed by atoms with Crippen LogP contribution < -0.4 is 11.5 Å². The zero-order valence-corrected chi connectivity index (χ0v) is 12.8. The summed E-state index contributed by atoms with van der Waals surface area (Å²) >= 11 is 0. The van der Waals surface area contributed by atoms with Gasteiger partial charge in [-0.3, -0.25) is 14.6 Å². The van der Waals surface area contributed by atoms with E-state index in [9.17, 15) is 9.59 Å². The Morgan fingerprint density at radius 2 is 1.21 bits per heavy atom. The van der Waals surface area contributed by atoms with E-state index in [1.54, 1.807) is 36.7 Å². The highest BCUT2D eigenvalue weighted by Gasteiger charge is 2.11. The van der Waals surface area contributed by atoms with Gasteiger partial charge in [0.2, 0.25) is 11.8 Å². The number of carbonyl (C=O) groups excluding carboxylic acids is 2. The molecule has 0 radical (unpaired) electrons. The van der Waals surface area contributed by atoms with Crippen LogP contribution in [0.5, 0.6) is 0 Å². The molecule has 24 heavy (non-hydrogen) atoms. The van der Waals surface area contributed by atoms with Crippen molar-refractivity contribution in [2.45, 2.75) is 0 Å². The quantitative estimate of drug-likeness (QED) is 0.773. The molecule has 0 spiro atoms. The summed E-state index contributed by atoms with van der Waals surface area (Å²) in [6.45, 7) is 0.